The van der Waals surface area contributed by atoms with Gasteiger partial charge in [0, 0.05) is 23.6 Å². The van der Waals surface area contributed by atoms with Crippen LogP contribution in [-0.4, -0.2) is 58.1 Å². The third-order valence-corrected chi connectivity index (χ3v) is 7.72. The lowest BCUT2D eigenvalue weighted by Gasteiger charge is -2.38. The lowest BCUT2D eigenvalue weighted by atomic mass is 9.84. The number of allylic oxidation sites excluding steroid dienone is 1. The van der Waals surface area contributed by atoms with Crippen molar-refractivity contribution in [2.24, 2.45) is 0 Å². The fourth-order valence-electron chi connectivity index (χ4n) is 4.48. The molecule has 2 atom stereocenters. The second kappa shape index (κ2) is 13.3. The van der Waals surface area contributed by atoms with Crippen molar-refractivity contribution in [1.82, 2.24) is 30.1 Å². The van der Waals surface area contributed by atoms with E-state index in [-0.39, 0.29) is 36.7 Å². The SMILES string of the molecule is CNC1C=C(C)C(NSCCCF)=C[C@@]1(C)NCC(=O)c1cnn(-c2cnc(Oc3ccc(F)cc3)cc2C)c1N. The van der Waals surface area contributed by atoms with Crippen molar-refractivity contribution in [3.8, 4) is 17.3 Å². The summed E-state index contributed by atoms with van der Waals surface area (Å²) in [6, 6.07) is 7.30. The molecule has 0 spiro atoms. The van der Waals surface area contributed by atoms with Crippen LogP contribution >= 0.6 is 11.9 Å². The number of benzene rings is 1. The number of aromatic nitrogens is 3. The number of nitrogens with one attached hydrogen (secondary N) is 3. The van der Waals surface area contributed by atoms with Crippen LogP contribution in [0.25, 0.3) is 5.69 Å². The van der Waals surface area contributed by atoms with Crippen molar-refractivity contribution in [3.05, 3.63) is 83.1 Å². The maximum Gasteiger partial charge on any atom is 0.219 e. The minimum Gasteiger partial charge on any atom is -0.439 e. The summed E-state index contributed by atoms with van der Waals surface area (Å²) in [5, 5.41) is 11.0. The zero-order valence-electron chi connectivity index (χ0n) is 23.5. The van der Waals surface area contributed by atoms with Crippen molar-refractivity contribution in [1.29, 1.82) is 0 Å². The number of rotatable bonds is 13. The van der Waals surface area contributed by atoms with Crippen LogP contribution in [0.3, 0.4) is 0 Å². The van der Waals surface area contributed by atoms with Crippen LogP contribution in [0.5, 0.6) is 11.6 Å². The van der Waals surface area contributed by atoms with Crippen LogP contribution in [0.2, 0.25) is 0 Å². The highest BCUT2D eigenvalue weighted by molar-refractivity contribution is 7.97. The quantitative estimate of drug-likeness (QED) is 0.130. The average Bonchev–Trinajstić information content (AvgIpc) is 3.33. The lowest BCUT2D eigenvalue weighted by molar-refractivity contribution is 0.0981. The molecular weight excluding hydrogens is 548 g/mol. The fourth-order valence-corrected chi connectivity index (χ4v) is 5.21. The topological polar surface area (TPSA) is 119 Å². The van der Waals surface area contributed by atoms with E-state index in [1.54, 1.807) is 12.3 Å². The van der Waals surface area contributed by atoms with Crippen LogP contribution in [0.4, 0.5) is 14.6 Å². The van der Waals surface area contributed by atoms with Gasteiger partial charge >= 0.3 is 0 Å². The maximum absolute atomic E-state index is 13.3. The molecule has 5 N–H and O–H groups in total. The molecule has 12 heteroatoms. The Bertz CT molecular complexity index is 1440. The van der Waals surface area contributed by atoms with Crippen molar-refractivity contribution in [3.63, 3.8) is 0 Å². The first-order chi connectivity index (χ1) is 19.6. The molecule has 41 heavy (non-hydrogen) atoms. The number of nitrogen functional groups attached to an aromatic ring is 1. The highest BCUT2D eigenvalue weighted by Crippen LogP contribution is 2.28. The number of hydrogen-bond acceptors (Lipinski definition) is 9. The summed E-state index contributed by atoms with van der Waals surface area (Å²) in [4.78, 5) is 17.6. The Hall–Kier alpha value is -3.74. The van der Waals surface area contributed by atoms with Crippen molar-refractivity contribution < 1.29 is 18.3 Å². The minimum atomic E-state index is -0.585. The second-order valence-corrected chi connectivity index (χ2v) is 10.8. The van der Waals surface area contributed by atoms with E-state index in [0.717, 1.165) is 16.8 Å². The molecule has 0 fully saturated rings. The molecule has 218 valence electrons. The summed E-state index contributed by atoms with van der Waals surface area (Å²) in [6.07, 6.45) is 7.65. The van der Waals surface area contributed by atoms with Crippen molar-refractivity contribution in [2.75, 3.05) is 31.8 Å². The summed E-state index contributed by atoms with van der Waals surface area (Å²) >= 11 is 1.46. The Morgan fingerprint density at radius 2 is 2.00 bits per heavy atom. The first-order valence-corrected chi connectivity index (χ1v) is 14.2. The van der Waals surface area contributed by atoms with Crippen LogP contribution in [0, 0.1) is 12.7 Å². The summed E-state index contributed by atoms with van der Waals surface area (Å²) in [5.74, 6) is 1.07. The van der Waals surface area contributed by atoms with Gasteiger partial charge in [0.05, 0.1) is 42.4 Å². The van der Waals surface area contributed by atoms with E-state index in [9.17, 15) is 13.6 Å². The molecule has 0 aliphatic heterocycles. The molecule has 0 saturated carbocycles. The molecule has 3 aromatic rings. The molecule has 4 rings (SSSR count). The van der Waals surface area contributed by atoms with Crippen LogP contribution in [0.15, 0.2) is 66.1 Å². The third-order valence-electron chi connectivity index (χ3n) is 6.86. The molecule has 0 bridgehead atoms. The van der Waals surface area contributed by atoms with Gasteiger partial charge in [0.25, 0.3) is 0 Å². The average molecular weight is 584 g/mol. The van der Waals surface area contributed by atoms with Crippen LogP contribution in [0.1, 0.15) is 36.2 Å². The van der Waals surface area contributed by atoms with E-state index in [4.69, 9.17) is 10.5 Å². The Labute approximate surface area is 242 Å². The van der Waals surface area contributed by atoms with Crippen molar-refractivity contribution >= 4 is 23.5 Å². The van der Waals surface area contributed by atoms with Crippen LogP contribution < -0.4 is 25.8 Å². The number of Topliss-reactive ketones (excluding diaryl/α,β-unsaturated/α-hetero) is 1. The Kier molecular flexibility index (Phi) is 9.79. The number of aryl methyl sites for hydroxylation is 1. The number of anilines is 1. The minimum absolute atomic E-state index is 0.0257. The number of pyridine rings is 1. The van der Waals surface area contributed by atoms with E-state index in [2.05, 4.69) is 37.6 Å². The molecule has 0 radical (unpaired) electrons. The molecule has 1 aliphatic carbocycles. The van der Waals surface area contributed by atoms with E-state index in [1.807, 2.05) is 27.8 Å². The van der Waals surface area contributed by atoms with Gasteiger partial charge in [0.15, 0.2) is 5.78 Å². The smallest absolute Gasteiger partial charge is 0.219 e. The maximum atomic E-state index is 13.3. The number of alkyl halides is 1. The van der Waals surface area contributed by atoms with E-state index in [1.165, 1.54) is 47.1 Å². The van der Waals surface area contributed by atoms with Gasteiger partial charge in [0.2, 0.25) is 5.88 Å². The van der Waals surface area contributed by atoms with Gasteiger partial charge in [-0.25, -0.2) is 14.1 Å². The highest BCUT2D eigenvalue weighted by Gasteiger charge is 2.34. The number of carbonyl (C=O) groups excluding carboxylic acids is 1. The number of carbonyl (C=O) groups is 1. The van der Waals surface area contributed by atoms with Gasteiger partial charge < -0.3 is 20.5 Å². The number of hydrogen-bond donors (Lipinski definition) is 4. The molecule has 1 aromatic carbocycles. The molecule has 0 amide bonds. The lowest BCUT2D eigenvalue weighted by Crippen LogP contribution is -2.57. The molecule has 9 nitrogen and oxygen atoms in total. The van der Waals surface area contributed by atoms with E-state index < -0.39 is 5.54 Å². The normalized spacial score (nSPS) is 18.5. The second-order valence-electron chi connectivity index (χ2n) is 9.95. The first-order valence-electron chi connectivity index (χ1n) is 13.2. The zero-order valence-corrected chi connectivity index (χ0v) is 24.3. The predicted molar refractivity (Wildman–Crippen MR) is 159 cm³/mol. The van der Waals surface area contributed by atoms with Gasteiger partial charge in [0.1, 0.15) is 17.4 Å². The standard InChI is InChI=1S/C29H35F2N7O2S/c1-18-12-26(33-4)29(3,14-23(18)37-41-11-5-10-30)35-17-25(39)22-15-36-38(28(22)32)24-16-34-27(13-19(24)2)40-21-8-6-20(31)7-9-21/h6-9,12-16,26,33,35,37H,5,10-11,17,32H2,1-4H3/t26?,29-/m1/s1. The summed E-state index contributed by atoms with van der Waals surface area (Å²) in [5.41, 5.74) is 9.44. The number of ether oxygens (including phenoxy) is 1. The molecule has 1 unspecified atom stereocenters. The highest BCUT2D eigenvalue weighted by atomic mass is 32.2. The van der Waals surface area contributed by atoms with Gasteiger partial charge in [-0.1, -0.05) is 18.0 Å². The number of likely N-dealkylation sites (N-methyl/N-ethyl adjacent to an activating group) is 1. The van der Waals surface area contributed by atoms with Gasteiger partial charge in [-0.2, -0.15) is 5.10 Å². The van der Waals surface area contributed by atoms with E-state index >= 15 is 0 Å². The monoisotopic (exact) mass is 583 g/mol. The van der Waals surface area contributed by atoms with Gasteiger partial charge in [-0.15, -0.1) is 0 Å². The van der Waals surface area contributed by atoms with E-state index in [0.29, 0.717) is 35.1 Å². The summed E-state index contributed by atoms with van der Waals surface area (Å²) in [6.45, 7) is 5.55. The van der Waals surface area contributed by atoms with Crippen LogP contribution in [-0.2, 0) is 0 Å². The van der Waals surface area contributed by atoms with Gasteiger partial charge in [-0.3, -0.25) is 14.5 Å². The number of nitrogens with zero attached hydrogens (tertiary/aromatic N) is 3. The fraction of sp³-hybridized carbons (Fsp3) is 0.345. The molecule has 1 aliphatic rings. The Morgan fingerprint density at radius 3 is 2.68 bits per heavy atom. The Balaban J connectivity index is 1.46. The van der Waals surface area contributed by atoms with Crippen molar-refractivity contribution in [2.45, 2.75) is 38.8 Å². The largest absolute Gasteiger partial charge is 0.439 e. The molecule has 0 saturated heterocycles. The third kappa shape index (κ3) is 7.13. The number of ketones is 1. The summed E-state index contributed by atoms with van der Waals surface area (Å²) < 4.78 is 36.1. The molecule has 2 aromatic heterocycles. The molecular formula is C29H35F2N7O2S. The number of nitrogens with two attached hydrogens (primary N) is 1. The first kappa shape index (κ1) is 30.2. The Morgan fingerprint density at radius 1 is 1.24 bits per heavy atom. The van der Waals surface area contributed by atoms with Gasteiger partial charge in [-0.05, 0) is 75.7 Å². The summed E-state index contributed by atoms with van der Waals surface area (Å²) in [7, 11) is 1.87. The zero-order chi connectivity index (χ0) is 29.6. The number of halogens is 2. The molecule has 2 heterocycles. The predicted octanol–water partition coefficient (Wildman–Crippen LogP) is 4.65.